The lowest BCUT2D eigenvalue weighted by atomic mass is 10.0. The highest BCUT2D eigenvalue weighted by molar-refractivity contribution is 6.06. The predicted molar refractivity (Wildman–Crippen MR) is 112 cm³/mol. The highest BCUT2D eigenvalue weighted by Gasteiger charge is 2.12. The molecule has 0 saturated carbocycles. The van der Waals surface area contributed by atoms with Crippen LogP contribution in [0.2, 0.25) is 0 Å². The maximum atomic E-state index is 12.5. The van der Waals surface area contributed by atoms with Crippen LogP contribution in [0, 0.1) is 0 Å². The molecule has 144 valence electrons. The zero-order chi connectivity index (χ0) is 20.2. The summed E-state index contributed by atoms with van der Waals surface area (Å²) in [5.74, 6) is -0.501. The molecule has 0 aliphatic heterocycles. The van der Waals surface area contributed by atoms with E-state index in [9.17, 15) is 9.59 Å². The number of benzene rings is 3. The number of esters is 1. The van der Waals surface area contributed by atoms with E-state index in [1.807, 2.05) is 42.5 Å². The molecule has 0 aliphatic rings. The van der Waals surface area contributed by atoms with Gasteiger partial charge in [0.2, 0.25) is 5.91 Å². The van der Waals surface area contributed by atoms with Gasteiger partial charge in [-0.25, -0.2) is 9.78 Å². The molecule has 3 aromatic carbocycles. The quantitative estimate of drug-likeness (QED) is 0.410. The number of nitrogens with one attached hydrogen (secondary N) is 1. The number of fused-ring (bicyclic) bond motifs is 3. The molecule has 4 rings (SSSR count). The topological polar surface area (TPSA) is 68.3 Å². The number of amides is 1. The van der Waals surface area contributed by atoms with Gasteiger partial charge in [-0.15, -0.1) is 0 Å². The number of nitrogens with zero attached hydrogens (tertiary/aromatic N) is 1. The van der Waals surface area contributed by atoms with Crippen LogP contribution in [0.4, 0.5) is 0 Å². The summed E-state index contributed by atoms with van der Waals surface area (Å²) in [7, 11) is 0. The van der Waals surface area contributed by atoms with Crippen molar-refractivity contribution in [2.24, 2.45) is 0 Å². The van der Waals surface area contributed by atoms with E-state index in [4.69, 9.17) is 9.72 Å². The molecule has 5 heteroatoms. The van der Waals surface area contributed by atoms with Gasteiger partial charge in [-0.2, -0.15) is 0 Å². The smallest absolute Gasteiger partial charge is 0.338 e. The maximum Gasteiger partial charge on any atom is 0.338 e. The average Bonchev–Trinajstić information content (AvgIpc) is 2.76. The van der Waals surface area contributed by atoms with Crippen molar-refractivity contribution in [1.29, 1.82) is 0 Å². The van der Waals surface area contributed by atoms with Crippen LogP contribution in [0.15, 0.2) is 72.8 Å². The van der Waals surface area contributed by atoms with Crippen molar-refractivity contribution in [3.63, 3.8) is 0 Å². The molecule has 0 unspecified atom stereocenters. The molecule has 0 spiro atoms. The van der Waals surface area contributed by atoms with E-state index in [1.54, 1.807) is 24.3 Å². The van der Waals surface area contributed by atoms with Gasteiger partial charge < -0.3 is 10.1 Å². The average molecular weight is 384 g/mol. The molecule has 29 heavy (non-hydrogen) atoms. The third kappa shape index (κ3) is 4.09. The Bertz CT molecular complexity index is 1200. The molecule has 0 atom stereocenters. The Morgan fingerprint density at radius 3 is 2.24 bits per heavy atom. The summed E-state index contributed by atoms with van der Waals surface area (Å²) in [5, 5.41) is 5.87. The number of hydrogen-bond donors (Lipinski definition) is 1. The van der Waals surface area contributed by atoms with Gasteiger partial charge in [-0.1, -0.05) is 54.6 Å². The Hall–Kier alpha value is -3.73. The van der Waals surface area contributed by atoms with Gasteiger partial charge in [0, 0.05) is 24.2 Å². The number of hydrogen-bond acceptors (Lipinski definition) is 4. The minimum Gasteiger partial charge on any atom is -0.456 e. The lowest BCUT2D eigenvalue weighted by Gasteiger charge is -2.10. The van der Waals surface area contributed by atoms with Crippen LogP contribution in [0.1, 0.15) is 28.5 Å². The van der Waals surface area contributed by atoms with Gasteiger partial charge >= 0.3 is 5.97 Å². The first-order chi connectivity index (χ1) is 14.1. The third-order valence-corrected chi connectivity index (χ3v) is 4.76. The fourth-order valence-electron chi connectivity index (χ4n) is 3.29. The van der Waals surface area contributed by atoms with Crippen molar-refractivity contribution >= 4 is 33.6 Å². The van der Waals surface area contributed by atoms with E-state index in [0.29, 0.717) is 12.1 Å². The molecule has 0 radical (unpaired) electrons. The number of rotatable bonds is 5. The molecule has 0 aliphatic carbocycles. The first-order valence-corrected chi connectivity index (χ1v) is 9.38. The largest absolute Gasteiger partial charge is 0.456 e. The molecule has 1 aromatic heterocycles. The van der Waals surface area contributed by atoms with Crippen LogP contribution in [0.3, 0.4) is 0 Å². The normalized spacial score (nSPS) is 10.8. The summed E-state index contributed by atoms with van der Waals surface area (Å²) in [6.45, 7) is 1.99. The summed E-state index contributed by atoms with van der Waals surface area (Å²) in [5.41, 5.74) is 2.98. The minimum atomic E-state index is -0.407. The zero-order valence-corrected chi connectivity index (χ0v) is 16.0. The Balaban J connectivity index is 1.53. The van der Waals surface area contributed by atoms with Crippen molar-refractivity contribution in [1.82, 2.24) is 10.3 Å². The molecular weight excluding hydrogens is 364 g/mol. The molecular formula is C24H20N2O3. The summed E-state index contributed by atoms with van der Waals surface area (Å²) in [4.78, 5) is 28.2. The monoisotopic (exact) mass is 384 g/mol. The van der Waals surface area contributed by atoms with Crippen LogP contribution in [0.25, 0.3) is 21.7 Å². The van der Waals surface area contributed by atoms with E-state index in [2.05, 4.69) is 11.4 Å². The maximum absolute atomic E-state index is 12.5. The van der Waals surface area contributed by atoms with Crippen LogP contribution in [0.5, 0.6) is 0 Å². The van der Waals surface area contributed by atoms with Crippen LogP contribution in [-0.4, -0.2) is 16.9 Å². The van der Waals surface area contributed by atoms with E-state index in [-0.39, 0.29) is 12.5 Å². The van der Waals surface area contributed by atoms with Crippen LogP contribution < -0.4 is 5.32 Å². The lowest BCUT2D eigenvalue weighted by molar-refractivity contribution is -0.119. The second kappa shape index (κ2) is 8.10. The SMILES string of the molecule is CC(=O)NCc1ccc(C(=O)OCc2nc3ccccc3c3ccccc23)cc1. The first kappa shape index (κ1) is 18.6. The lowest BCUT2D eigenvalue weighted by Crippen LogP contribution is -2.18. The van der Waals surface area contributed by atoms with Crippen molar-refractivity contribution in [3.05, 3.63) is 89.6 Å². The van der Waals surface area contributed by atoms with Gasteiger partial charge in [-0.3, -0.25) is 4.79 Å². The van der Waals surface area contributed by atoms with Crippen molar-refractivity contribution in [2.45, 2.75) is 20.1 Å². The van der Waals surface area contributed by atoms with E-state index >= 15 is 0 Å². The molecule has 0 bridgehead atoms. The summed E-state index contributed by atoms with van der Waals surface area (Å²) < 4.78 is 5.54. The number of ether oxygens (including phenoxy) is 1. The number of carbonyl (C=O) groups is 2. The Morgan fingerprint density at radius 2 is 1.52 bits per heavy atom. The second-order valence-corrected chi connectivity index (χ2v) is 6.80. The van der Waals surface area contributed by atoms with E-state index in [0.717, 1.165) is 32.9 Å². The number of pyridine rings is 1. The summed E-state index contributed by atoms with van der Waals surface area (Å²) >= 11 is 0. The molecule has 1 heterocycles. The Labute approximate surface area is 168 Å². The molecule has 1 N–H and O–H groups in total. The van der Waals surface area contributed by atoms with E-state index in [1.165, 1.54) is 6.92 Å². The number of aromatic nitrogens is 1. The van der Waals surface area contributed by atoms with Crippen LogP contribution >= 0.6 is 0 Å². The highest BCUT2D eigenvalue weighted by Crippen LogP contribution is 2.26. The fourth-order valence-corrected chi connectivity index (χ4v) is 3.29. The Morgan fingerprint density at radius 1 is 0.862 bits per heavy atom. The number of para-hydroxylation sites is 1. The zero-order valence-electron chi connectivity index (χ0n) is 16.0. The first-order valence-electron chi connectivity index (χ1n) is 9.38. The van der Waals surface area contributed by atoms with Crippen molar-refractivity contribution < 1.29 is 14.3 Å². The standard InChI is InChI=1S/C24H20N2O3/c1-16(27)25-14-17-10-12-18(13-11-17)24(28)29-15-23-21-8-3-2-6-19(21)20-7-4-5-9-22(20)26-23/h2-13H,14-15H2,1H3,(H,25,27). The highest BCUT2D eigenvalue weighted by atomic mass is 16.5. The summed E-state index contributed by atoms with van der Waals surface area (Å²) in [6.07, 6.45) is 0. The van der Waals surface area contributed by atoms with Gasteiger partial charge in [0.1, 0.15) is 6.61 Å². The molecule has 1 amide bonds. The van der Waals surface area contributed by atoms with Gasteiger partial charge in [0.25, 0.3) is 0 Å². The van der Waals surface area contributed by atoms with Gasteiger partial charge in [0.05, 0.1) is 16.8 Å². The van der Waals surface area contributed by atoms with E-state index < -0.39 is 5.97 Å². The van der Waals surface area contributed by atoms with Crippen molar-refractivity contribution in [2.75, 3.05) is 0 Å². The van der Waals surface area contributed by atoms with Crippen molar-refractivity contribution in [3.8, 4) is 0 Å². The molecule has 5 nitrogen and oxygen atoms in total. The Kier molecular flexibility index (Phi) is 5.20. The number of carbonyl (C=O) groups excluding carboxylic acids is 2. The van der Waals surface area contributed by atoms with Crippen LogP contribution in [-0.2, 0) is 22.7 Å². The van der Waals surface area contributed by atoms with Gasteiger partial charge in [0.15, 0.2) is 0 Å². The molecule has 0 fully saturated rings. The summed E-state index contributed by atoms with van der Waals surface area (Å²) in [6, 6.07) is 22.9. The second-order valence-electron chi connectivity index (χ2n) is 6.80. The fraction of sp³-hybridized carbons (Fsp3) is 0.125. The third-order valence-electron chi connectivity index (χ3n) is 4.76. The molecule has 0 saturated heterocycles. The minimum absolute atomic E-state index is 0.0939. The van der Waals surface area contributed by atoms with Gasteiger partial charge in [-0.05, 0) is 29.1 Å². The molecule has 4 aromatic rings. The predicted octanol–water partition coefficient (Wildman–Crippen LogP) is 4.38.